The van der Waals surface area contributed by atoms with Gasteiger partial charge in [0, 0.05) is 0 Å². The predicted molar refractivity (Wildman–Crippen MR) is 262 cm³/mol. The van der Waals surface area contributed by atoms with Crippen LogP contribution in [0.1, 0.15) is 163 Å². The lowest BCUT2D eigenvalue weighted by Gasteiger charge is -2.28. The third-order valence-corrected chi connectivity index (χ3v) is 13.3. The lowest BCUT2D eigenvalue weighted by Crippen LogP contribution is -2.17. The predicted octanol–water partition coefficient (Wildman–Crippen LogP) is 15.5. The molecule has 0 aromatic heterocycles. The zero-order valence-electron chi connectivity index (χ0n) is 40.1. The highest BCUT2D eigenvalue weighted by molar-refractivity contribution is 5.46. The van der Waals surface area contributed by atoms with Gasteiger partial charge in [-0.1, -0.05) is 148 Å². The molecule has 63 heavy (non-hydrogen) atoms. The summed E-state index contributed by atoms with van der Waals surface area (Å²) in [6.45, 7) is 25.1. The molecular weight excluding hydrogens is 777 g/mol. The van der Waals surface area contributed by atoms with E-state index in [4.69, 9.17) is 23.7 Å². The highest BCUT2D eigenvalue weighted by Gasteiger charge is 2.25. The van der Waals surface area contributed by atoms with Gasteiger partial charge in [-0.05, 0) is 155 Å². The van der Waals surface area contributed by atoms with Crippen LogP contribution in [-0.4, -0.2) is 26.6 Å². The van der Waals surface area contributed by atoms with Crippen molar-refractivity contribution in [1.29, 1.82) is 0 Å². The molecule has 3 heterocycles. The molecule has 2 aliphatic carbocycles. The first-order valence-corrected chi connectivity index (χ1v) is 24.1. The number of ether oxygens (including phenoxy) is 5. The van der Waals surface area contributed by atoms with Gasteiger partial charge in [-0.25, -0.2) is 0 Å². The molecular formula is C58H76O5. The van der Waals surface area contributed by atoms with Crippen LogP contribution in [0.4, 0.5) is 0 Å². The second-order valence-corrected chi connectivity index (χ2v) is 19.4. The Morgan fingerprint density at radius 1 is 0.381 bits per heavy atom. The number of hydrogen-bond donors (Lipinski definition) is 0. The number of rotatable bonds is 5. The van der Waals surface area contributed by atoms with Crippen LogP contribution < -0.4 is 23.7 Å². The summed E-state index contributed by atoms with van der Waals surface area (Å²) in [5.74, 6) is 10.3. The van der Waals surface area contributed by atoms with E-state index < -0.39 is 0 Å². The van der Waals surface area contributed by atoms with Gasteiger partial charge in [0.25, 0.3) is 0 Å². The van der Waals surface area contributed by atoms with Crippen LogP contribution in [0, 0.1) is 17.8 Å². The first-order chi connectivity index (χ1) is 30.4. The van der Waals surface area contributed by atoms with E-state index in [1.54, 1.807) is 22.3 Å². The maximum absolute atomic E-state index is 5.60. The van der Waals surface area contributed by atoms with E-state index in [0.717, 1.165) is 65.4 Å². The van der Waals surface area contributed by atoms with Crippen LogP contribution in [0.2, 0.25) is 0 Å². The summed E-state index contributed by atoms with van der Waals surface area (Å²) in [7, 11) is 0. The van der Waals surface area contributed by atoms with Crippen molar-refractivity contribution in [3.05, 3.63) is 148 Å². The van der Waals surface area contributed by atoms with E-state index in [-0.39, 0.29) is 0 Å². The Morgan fingerprint density at radius 2 is 0.825 bits per heavy atom. The summed E-state index contributed by atoms with van der Waals surface area (Å²) in [6, 6.07) is 38.5. The van der Waals surface area contributed by atoms with Crippen LogP contribution in [0.15, 0.2) is 109 Å². The van der Waals surface area contributed by atoms with Crippen molar-refractivity contribution in [1.82, 2.24) is 0 Å². The van der Waals surface area contributed by atoms with Gasteiger partial charge in [-0.15, -0.1) is 0 Å². The third kappa shape index (κ3) is 12.9. The van der Waals surface area contributed by atoms with Gasteiger partial charge in [0.05, 0.1) is 6.61 Å². The van der Waals surface area contributed by atoms with Crippen LogP contribution in [0.5, 0.6) is 28.7 Å². The third-order valence-electron chi connectivity index (χ3n) is 13.3. The molecule has 3 unspecified atom stereocenters. The molecule has 0 bridgehead atoms. The van der Waals surface area contributed by atoms with E-state index in [2.05, 4.69) is 154 Å². The SMILES string of the molecule is CC(C)C1CCCc2ccccc21.CC(C)C1CCOc2ccccc21.CC(C)C1CCc2ccccc21.CC(C)c1ccc2c(c1)OCCO2.CC(C)c1ccc2c(c1)OCO2. The Kier molecular flexibility index (Phi) is 17.5. The van der Waals surface area contributed by atoms with Crippen molar-refractivity contribution >= 4 is 0 Å². The van der Waals surface area contributed by atoms with Gasteiger partial charge in [0.2, 0.25) is 6.79 Å². The normalized spacial score (nSPS) is 18.6. The Hall–Kier alpha value is -4.90. The average molecular weight is 853 g/mol. The highest BCUT2D eigenvalue weighted by Crippen LogP contribution is 2.40. The van der Waals surface area contributed by atoms with Crippen molar-refractivity contribution in [2.24, 2.45) is 17.8 Å². The maximum atomic E-state index is 5.60. The summed E-state index contributed by atoms with van der Waals surface area (Å²) < 4.78 is 27.0. The zero-order valence-corrected chi connectivity index (χ0v) is 40.1. The summed E-state index contributed by atoms with van der Waals surface area (Å²) in [6.07, 6.45) is 7.86. The lowest BCUT2D eigenvalue weighted by atomic mass is 9.77. The standard InChI is InChI=1S/C13H18.C12H16O.C12H16.C11H14O2.C10H12O2/c1-10(2)12-9-5-7-11-6-3-4-8-13(11)12;1-9(2)10-7-8-13-12-6-4-3-5-11(10)12;1-9(2)11-8-7-10-5-3-4-6-12(10)11;1-8(2)9-3-4-10-11(7-9)13-6-5-12-10;1-7(2)8-3-4-9-10(5-8)12-6-11-9/h3-4,6,8,10,12H,5,7,9H2,1-2H3;3-6,9-10H,7-8H2,1-2H3;3-6,9,11H,7-8H2,1-2H3;3-4,7-8H,5-6H2,1-2H3;3-5,7H,6H2,1-2H3. The van der Waals surface area contributed by atoms with E-state index in [1.807, 2.05) is 24.3 Å². The lowest BCUT2D eigenvalue weighted by molar-refractivity contribution is 0.171. The number of hydrogen-bond acceptors (Lipinski definition) is 5. The maximum Gasteiger partial charge on any atom is 0.231 e. The smallest absolute Gasteiger partial charge is 0.231 e. The summed E-state index contributed by atoms with van der Waals surface area (Å²) in [5, 5.41) is 0. The molecule has 3 atom stereocenters. The molecule has 3 aliphatic heterocycles. The van der Waals surface area contributed by atoms with Gasteiger partial charge in [-0.3, -0.25) is 0 Å². The quantitative estimate of drug-likeness (QED) is 0.176. The van der Waals surface area contributed by atoms with E-state index in [9.17, 15) is 0 Å². The Balaban J connectivity index is 0.000000131. The summed E-state index contributed by atoms with van der Waals surface area (Å²) >= 11 is 0. The van der Waals surface area contributed by atoms with Crippen molar-refractivity contribution < 1.29 is 23.7 Å². The minimum Gasteiger partial charge on any atom is -0.493 e. The average Bonchev–Trinajstić information content (AvgIpc) is 3.97. The van der Waals surface area contributed by atoms with Crippen molar-refractivity contribution in [2.75, 3.05) is 26.6 Å². The highest BCUT2D eigenvalue weighted by atomic mass is 16.7. The van der Waals surface area contributed by atoms with Crippen LogP contribution >= 0.6 is 0 Å². The van der Waals surface area contributed by atoms with Gasteiger partial charge in [0.1, 0.15) is 19.0 Å². The largest absolute Gasteiger partial charge is 0.493 e. The molecule has 5 aromatic carbocycles. The second-order valence-electron chi connectivity index (χ2n) is 19.4. The first kappa shape index (κ1) is 47.6. The monoisotopic (exact) mass is 853 g/mol. The fourth-order valence-electron chi connectivity index (χ4n) is 9.52. The Labute approximate surface area is 380 Å². The topological polar surface area (TPSA) is 46.2 Å². The van der Waals surface area contributed by atoms with Gasteiger partial charge in [-0.2, -0.15) is 0 Å². The van der Waals surface area contributed by atoms with Crippen molar-refractivity contribution in [3.8, 4) is 28.7 Å². The van der Waals surface area contributed by atoms with Crippen molar-refractivity contribution in [2.45, 2.75) is 137 Å². The van der Waals surface area contributed by atoms with Gasteiger partial charge >= 0.3 is 0 Å². The van der Waals surface area contributed by atoms with E-state index in [0.29, 0.717) is 43.7 Å². The second kappa shape index (κ2) is 23.2. The molecule has 5 nitrogen and oxygen atoms in total. The van der Waals surface area contributed by atoms with E-state index in [1.165, 1.54) is 48.8 Å². The molecule has 0 spiro atoms. The molecule has 0 saturated heterocycles. The number of aryl methyl sites for hydroxylation is 2. The molecule has 0 fully saturated rings. The van der Waals surface area contributed by atoms with Crippen molar-refractivity contribution in [3.63, 3.8) is 0 Å². The Morgan fingerprint density at radius 3 is 1.41 bits per heavy atom. The van der Waals surface area contributed by atoms with E-state index >= 15 is 0 Å². The molecule has 0 saturated carbocycles. The minimum atomic E-state index is 0.358. The molecule has 0 N–H and O–H groups in total. The summed E-state index contributed by atoms with van der Waals surface area (Å²) in [4.78, 5) is 0. The number of para-hydroxylation sites is 1. The Bertz CT molecular complexity index is 2100. The molecule has 5 aromatic rings. The molecule has 0 amide bonds. The van der Waals surface area contributed by atoms with Crippen LogP contribution in [0.3, 0.4) is 0 Å². The van der Waals surface area contributed by atoms with Gasteiger partial charge in [0.15, 0.2) is 23.0 Å². The molecule has 5 aliphatic rings. The molecule has 5 heteroatoms. The zero-order chi connectivity index (χ0) is 44.9. The fraction of sp³-hybridized carbons (Fsp3) is 0.483. The summed E-state index contributed by atoms with van der Waals surface area (Å²) in [5.41, 5.74) is 10.4. The number of fused-ring (bicyclic) bond motifs is 5. The molecule has 0 radical (unpaired) electrons. The molecule has 10 rings (SSSR count). The van der Waals surface area contributed by atoms with Crippen LogP contribution in [-0.2, 0) is 12.8 Å². The minimum absolute atomic E-state index is 0.358. The number of benzene rings is 5. The fourth-order valence-corrected chi connectivity index (χ4v) is 9.52. The van der Waals surface area contributed by atoms with Crippen LogP contribution in [0.25, 0.3) is 0 Å². The molecule has 338 valence electrons. The first-order valence-electron chi connectivity index (χ1n) is 24.1. The van der Waals surface area contributed by atoms with Gasteiger partial charge < -0.3 is 23.7 Å².